The van der Waals surface area contributed by atoms with Crippen LogP contribution < -0.4 is 10.2 Å². The van der Waals surface area contributed by atoms with Crippen LogP contribution in [0, 0.1) is 0 Å². The molecule has 0 spiro atoms. The zero-order valence-electron chi connectivity index (χ0n) is 9.89. The van der Waals surface area contributed by atoms with Gasteiger partial charge in [0, 0.05) is 10.4 Å². The fourth-order valence-electron chi connectivity index (χ4n) is 1.49. The third-order valence-corrected chi connectivity index (χ3v) is 3.90. The standard InChI is InChI=1S/C13H13BrN2OS/c1-17-12-5-3-2-4-10(12)8-15-16-9-11-6-7-13(14)18-11/h2-7,9,15H,8H2,1H3/b16-9+. The van der Waals surface area contributed by atoms with E-state index in [4.69, 9.17) is 4.74 Å². The van der Waals surface area contributed by atoms with Gasteiger partial charge in [-0.05, 0) is 34.1 Å². The van der Waals surface area contributed by atoms with Gasteiger partial charge < -0.3 is 10.2 Å². The van der Waals surface area contributed by atoms with E-state index in [1.165, 1.54) is 0 Å². The van der Waals surface area contributed by atoms with Gasteiger partial charge in [-0.1, -0.05) is 18.2 Å². The molecule has 0 fully saturated rings. The molecule has 0 saturated heterocycles. The molecular weight excluding hydrogens is 312 g/mol. The maximum Gasteiger partial charge on any atom is 0.123 e. The van der Waals surface area contributed by atoms with Crippen LogP contribution in [0.5, 0.6) is 5.75 Å². The van der Waals surface area contributed by atoms with Crippen LogP contribution in [0.3, 0.4) is 0 Å². The normalized spacial score (nSPS) is 10.8. The molecule has 2 aromatic rings. The molecule has 1 aromatic heterocycles. The van der Waals surface area contributed by atoms with E-state index in [-0.39, 0.29) is 0 Å². The molecule has 1 aromatic carbocycles. The van der Waals surface area contributed by atoms with Crippen molar-refractivity contribution < 1.29 is 4.74 Å². The van der Waals surface area contributed by atoms with E-state index in [0.29, 0.717) is 6.54 Å². The zero-order chi connectivity index (χ0) is 12.8. The Morgan fingerprint density at radius 2 is 2.17 bits per heavy atom. The minimum Gasteiger partial charge on any atom is -0.496 e. The van der Waals surface area contributed by atoms with Crippen LogP contribution in [0.25, 0.3) is 0 Å². The Bertz CT molecular complexity index is 539. The van der Waals surface area contributed by atoms with Gasteiger partial charge >= 0.3 is 0 Å². The number of rotatable bonds is 5. The van der Waals surface area contributed by atoms with Crippen molar-refractivity contribution in [2.45, 2.75) is 6.54 Å². The summed E-state index contributed by atoms with van der Waals surface area (Å²) in [5.41, 5.74) is 4.10. The fraction of sp³-hybridized carbons (Fsp3) is 0.154. The summed E-state index contributed by atoms with van der Waals surface area (Å²) in [7, 11) is 1.67. The fourth-order valence-corrected chi connectivity index (χ4v) is 2.78. The molecule has 3 nitrogen and oxygen atoms in total. The molecule has 0 aliphatic carbocycles. The minimum absolute atomic E-state index is 0.646. The van der Waals surface area contributed by atoms with Crippen LogP contribution in [0.4, 0.5) is 0 Å². The largest absolute Gasteiger partial charge is 0.496 e. The predicted molar refractivity (Wildman–Crippen MR) is 79.4 cm³/mol. The van der Waals surface area contributed by atoms with Gasteiger partial charge in [0.15, 0.2) is 0 Å². The molecule has 5 heteroatoms. The lowest BCUT2D eigenvalue weighted by Crippen LogP contribution is -2.06. The van der Waals surface area contributed by atoms with Crippen molar-refractivity contribution >= 4 is 33.5 Å². The molecule has 94 valence electrons. The van der Waals surface area contributed by atoms with Gasteiger partial charge in [-0.2, -0.15) is 5.10 Å². The average molecular weight is 325 g/mol. The van der Waals surface area contributed by atoms with Gasteiger partial charge in [0.25, 0.3) is 0 Å². The summed E-state index contributed by atoms with van der Waals surface area (Å²) in [6.07, 6.45) is 1.81. The first kappa shape index (κ1) is 13.1. The Balaban J connectivity index is 1.90. The third kappa shape index (κ3) is 3.58. The van der Waals surface area contributed by atoms with Crippen molar-refractivity contribution in [3.63, 3.8) is 0 Å². The summed E-state index contributed by atoms with van der Waals surface area (Å²) in [4.78, 5) is 1.11. The Hall–Kier alpha value is -1.33. The highest BCUT2D eigenvalue weighted by atomic mass is 79.9. The predicted octanol–water partition coefficient (Wildman–Crippen LogP) is 3.64. The summed E-state index contributed by atoms with van der Waals surface area (Å²) in [6.45, 7) is 0.646. The number of halogens is 1. The summed E-state index contributed by atoms with van der Waals surface area (Å²) >= 11 is 5.06. The maximum atomic E-state index is 5.27. The van der Waals surface area contributed by atoms with Crippen molar-refractivity contribution in [3.05, 3.63) is 50.6 Å². The monoisotopic (exact) mass is 324 g/mol. The molecule has 0 atom stereocenters. The van der Waals surface area contributed by atoms with Crippen LogP contribution in [-0.4, -0.2) is 13.3 Å². The Morgan fingerprint density at radius 1 is 1.33 bits per heavy atom. The van der Waals surface area contributed by atoms with E-state index in [1.807, 2.05) is 42.6 Å². The summed E-state index contributed by atoms with van der Waals surface area (Å²) in [5.74, 6) is 0.874. The molecule has 2 rings (SSSR count). The summed E-state index contributed by atoms with van der Waals surface area (Å²) in [5, 5.41) is 4.18. The molecule has 0 aliphatic rings. The van der Waals surface area contributed by atoms with E-state index in [2.05, 4.69) is 26.5 Å². The van der Waals surface area contributed by atoms with Gasteiger partial charge in [0.1, 0.15) is 5.75 Å². The van der Waals surface area contributed by atoms with Gasteiger partial charge in [0.05, 0.1) is 23.7 Å². The molecule has 0 unspecified atom stereocenters. The lowest BCUT2D eigenvalue weighted by molar-refractivity contribution is 0.408. The van der Waals surface area contributed by atoms with Crippen LogP contribution in [0.15, 0.2) is 45.3 Å². The van der Waals surface area contributed by atoms with E-state index in [0.717, 1.165) is 20.0 Å². The van der Waals surface area contributed by atoms with Crippen molar-refractivity contribution in [1.82, 2.24) is 5.43 Å². The van der Waals surface area contributed by atoms with Crippen LogP contribution in [-0.2, 0) is 6.54 Å². The molecule has 1 N–H and O–H groups in total. The molecule has 18 heavy (non-hydrogen) atoms. The highest BCUT2D eigenvalue weighted by molar-refractivity contribution is 9.11. The Labute approximate surface area is 119 Å². The maximum absolute atomic E-state index is 5.27. The lowest BCUT2D eigenvalue weighted by Gasteiger charge is -2.06. The lowest BCUT2D eigenvalue weighted by atomic mass is 10.2. The molecule has 0 radical (unpaired) electrons. The second-order valence-electron chi connectivity index (χ2n) is 3.55. The van der Waals surface area contributed by atoms with Crippen LogP contribution in [0.1, 0.15) is 10.4 Å². The number of methoxy groups -OCH3 is 1. The van der Waals surface area contributed by atoms with Gasteiger partial charge in [0.2, 0.25) is 0 Å². The average Bonchev–Trinajstić information content (AvgIpc) is 2.81. The van der Waals surface area contributed by atoms with E-state index >= 15 is 0 Å². The minimum atomic E-state index is 0.646. The van der Waals surface area contributed by atoms with E-state index in [9.17, 15) is 0 Å². The Morgan fingerprint density at radius 3 is 2.89 bits per heavy atom. The Kier molecular flexibility index (Phi) is 4.78. The second kappa shape index (κ2) is 6.56. The topological polar surface area (TPSA) is 33.6 Å². The molecule has 0 amide bonds. The third-order valence-electron chi connectivity index (χ3n) is 2.34. The van der Waals surface area contributed by atoms with Gasteiger partial charge in [-0.25, -0.2) is 0 Å². The number of hydrogen-bond acceptors (Lipinski definition) is 4. The molecule has 0 aliphatic heterocycles. The smallest absolute Gasteiger partial charge is 0.123 e. The van der Waals surface area contributed by atoms with Crippen LogP contribution in [0.2, 0.25) is 0 Å². The number of nitrogens with one attached hydrogen (secondary N) is 1. The van der Waals surface area contributed by atoms with Crippen molar-refractivity contribution in [1.29, 1.82) is 0 Å². The van der Waals surface area contributed by atoms with Gasteiger partial charge in [-0.3, -0.25) is 0 Å². The van der Waals surface area contributed by atoms with Crippen LogP contribution >= 0.6 is 27.3 Å². The summed E-state index contributed by atoms with van der Waals surface area (Å²) < 4.78 is 6.37. The first-order valence-electron chi connectivity index (χ1n) is 5.43. The molecule has 0 bridgehead atoms. The number of ether oxygens (including phenoxy) is 1. The number of nitrogens with zero attached hydrogens (tertiary/aromatic N) is 1. The molecule has 0 saturated carbocycles. The van der Waals surface area contributed by atoms with Gasteiger partial charge in [-0.15, -0.1) is 11.3 Å². The molecule has 1 heterocycles. The zero-order valence-corrected chi connectivity index (χ0v) is 12.3. The van der Waals surface area contributed by atoms with Crippen molar-refractivity contribution in [2.24, 2.45) is 5.10 Å². The first-order chi connectivity index (χ1) is 8.79. The van der Waals surface area contributed by atoms with Crippen molar-refractivity contribution in [2.75, 3.05) is 7.11 Å². The highest BCUT2D eigenvalue weighted by Gasteiger charge is 1.99. The molecular formula is C13H13BrN2OS. The number of hydrogen-bond donors (Lipinski definition) is 1. The second-order valence-corrected chi connectivity index (χ2v) is 6.04. The number of thiophene rings is 1. The van der Waals surface area contributed by atoms with E-state index in [1.54, 1.807) is 18.4 Å². The first-order valence-corrected chi connectivity index (χ1v) is 7.03. The summed E-state index contributed by atoms with van der Waals surface area (Å²) in [6, 6.07) is 11.9. The van der Waals surface area contributed by atoms with E-state index < -0.39 is 0 Å². The number of hydrazone groups is 1. The quantitative estimate of drug-likeness (QED) is 0.673. The number of para-hydroxylation sites is 1. The SMILES string of the molecule is COc1ccccc1CN/N=C/c1ccc(Br)s1. The number of benzene rings is 1. The van der Waals surface area contributed by atoms with Crippen molar-refractivity contribution in [3.8, 4) is 5.75 Å². The highest BCUT2D eigenvalue weighted by Crippen LogP contribution is 2.20.